The fourth-order valence-corrected chi connectivity index (χ4v) is 2.05. The molecule has 0 saturated carbocycles. The van der Waals surface area contributed by atoms with E-state index in [9.17, 15) is 0 Å². The number of imidazole rings is 1. The second kappa shape index (κ2) is 4.54. The summed E-state index contributed by atoms with van der Waals surface area (Å²) in [6, 6.07) is 11.7. The number of nitriles is 1. The highest BCUT2D eigenvalue weighted by Gasteiger charge is 2.04. The lowest BCUT2D eigenvalue weighted by Gasteiger charge is -2.04. The first-order valence-electron chi connectivity index (χ1n) is 6.03. The molecule has 19 heavy (non-hydrogen) atoms. The van der Waals surface area contributed by atoms with E-state index in [4.69, 9.17) is 5.26 Å². The Morgan fingerprint density at radius 2 is 2.00 bits per heavy atom. The standard InChI is InChI=1S/C15H12N4/c1-11-6-14-15(17-8-11)19(10-18-14)9-13-4-2-12(7-16)3-5-13/h2-6,8,10H,9H2,1H3. The molecule has 0 fully saturated rings. The molecule has 1 aromatic carbocycles. The molecule has 0 aliphatic rings. The van der Waals surface area contributed by atoms with Crippen molar-refractivity contribution < 1.29 is 0 Å². The fraction of sp³-hybridized carbons (Fsp3) is 0.133. The second-order valence-electron chi connectivity index (χ2n) is 4.54. The quantitative estimate of drug-likeness (QED) is 0.700. The van der Waals surface area contributed by atoms with Gasteiger partial charge in [0.25, 0.3) is 0 Å². The first-order chi connectivity index (χ1) is 9.26. The van der Waals surface area contributed by atoms with Gasteiger partial charge in [0.15, 0.2) is 5.65 Å². The van der Waals surface area contributed by atoms with Crippen LogP contribution in [0.3, 0.4) is 0 Å². The van der Waals surface area contributed by atoms with Crippen LogP contribution in [0.4, 0.5) is 0 Å². The summed E-state index contributed by atoms with van der Waals surface area (Å²) in [6.07, 6.45) is 3.65. The smallest absolute Gasteiger partial charge is 0.160 e. The van der Waals surface area contributed by atoms with Crippen LogP contribution in [0.25, 0.3) is 11.2 Å². The molecule has 0 aliphatic heterocycles. The molecule has 4 nitrogen and oxygen atoms in total. The summed E-state index contributed by atoms with van der Waals surface area (Å²) in [5, 5.41) is 8.78. The first kappa shape index (κ1) is 11.4. The zero-order valence-electron chi connectivity index (χ0n) is 10.5. The summed E-state index contributed by atoms with van der Waals surface area (Å²) in [4.78, 5) is 8.78. The lowest BCUT2D eigenvalue weighted by molar-refractivity contribution is 0.814. The Labute approximate surface area is 111 Å². The van der Waals surface area contributed by atoms with Crippen molar-refractivity contribution in [3.8, 4) is 6.07 Å². The summed E-state index contributed by atoms with van der Waals surface area (Å²) in [7, 11) is 0. The Morgan fingerprint density at radius 1 is 1.21 bits per heavy atom. The van der Waals surface area contributed by atoms with Crippen LogP contribution in [-0.2, 0) is 6.54 Å². The summed E-state index contributed by atoms with van der Waals surface area (Å²) in [5.74, 6) is 0. The Morgan fingerprint density at radius 3 is 2.74 bits per heavy atom. The number of hydrogen-bond acceptors (Lipinski definition) is 3. The van der Waals surface area contributed by atoms with Crippen molar-refractivity contribution in [3.63, 3.8) is 0 Å². The first-order valence-corrected chi connectivity index (χ1v) is 6.03. The average molecular weight is 248 g/mol. The van der Waals surface area contributed by atoms with Gasteiger partial charge in [0, 0.05) is 6.20 Å². The highest BCUT2D eigenvalue weighted by molar-refractivity contribution is 5.71. The van der Waals surface area contributed by atoms with Gasteiger partial charge in [-0.05, 0) is 36.2 Å². The van der Waals surface area contributed by atoms with Crippen LogP contribution in [-0.4, -0.2) is 14.5 Å². The van der Waals surface area contributed by atoms with Crippen molar-refractivity contribution in [2.75, 3.05) is 0 Å². The minimum atomic E-state index is 0.674. The maximum atomic E-state index is 8.78. The minimum absolute atomic E-state index is 0.674. The average Bonchev–Trinajstić information content (AvgIpc) is 2.82. The molecule has 0 unspecified atom stereocenters. The SMILES string of the molecule is Cc1cnc2c(c1)ncn2Cc1ccc(C#N)cc1. The molecular weight excluding hydrogens is 236 g/mol. The van der Waals surface area contributed by atoms with Crippen LogP contribution in [0, 0.1) is 18.3 Å². The molecule has 0 atom stereocenters. The van der Waals surface area contributed by atoms with Gasteiger partial charge in [-0.25, -0.2) is 9.97 Å². The second-order valence-corrected chi connectivity index (χ2v) is 4.54. The summed E-state index contributed by atoms with van der Waals surface area (Å²) >= 11 is 0. The van der Waals surface area contributed by atoms with Gasteiger partial charge in [-0.1, -0.05) is 12.1 Å². The van der Waals surface area contributed by atoms with Crippen molar-refractivity contribution in [2.24, 2.45) is 0 Å². The monoisotopic (exact) mass is 248 g/mol. The number of fused-ring (bicyclic) bond motifs is 1. The van der Waals surface area contributed by atoms with Gasteiger partial charge in [0.05, 0.1) is 24.5 Å². The van der Waals surface area contributed by atoms with Gasteiger partial charge in [-0.3, -0.25) is 0 Å². The normalized spacial score (nSPS) is 10.5. The highest BCUT2D eigenvalue weighted by Crippen LogP contribution is 2.13. The largest absolute Gasteiger partial charge is 0.311 e. The fourth-order valence-electron chi connectivity index (χ4n) is 2.05. The molecule has 0 N–H and O–H groups in total. The molecule has 0 bridgehead atoms. The zero-order chi connectivity index (χ0) is 13.2. The van der Waals surface area contributed by atoms with Gasteiger partial charge >= 0.3 is 0 Å². The molecule has 0 saturated heterocycles. The molecular formula is C15H12N4. The summed E-state index contributed by atoms with van der Waals surface area (Å²) in [5.41, 5.74) is 4.70. The maximum absolute atomic E-state index is 8.78. The van der Waals surface area contributed by atoms with E-state index < -0.39 is 0 Å². The topological polar surface area (TPSA) is 54.5 Å². The van der Waals surface area contributed by atoms with Crippen LogP contribution in [0.1, 0.15) is 16.7 Å². The van der Waals surface area contributed by atoms with Gasteiger partial charge < -0.3 is 4.57 Å². The van der Waals surface area contributed by atoms with Crippen LogP contribution < -0.4 is 0 Å². The number of aromatic nitrogens is 3. The Kier molecular flexibility index (Phi) is 2.73. The Balaban J connectivity index is 1.94. The van der Waals surface area contributed by atoms with E-state index in [1.807, 2.05) is 48.0 Å². The summed E-state index contributed by atoms with van der Waals surface area (Å²) in [6.45, 7) is 2.71. The molecule has 0 aliphatic carbocycles. The van der Waals surface area contributed by atoms with E-state index in [0.717, 1.165) is 22.3 Å². The van der Waals surface area contributed by atoms with Crippen LogP contribution in [0.5, 0.6) is 0 Å². The Bertz CT molecular complexity index is 763. The van der Waals surface area contributed by atoms with Crippen molar-refractivity contribution in [1.82, 2.24) is 14.5 Å². The molecule has 92 valence electrons. The predicted molar refractivity (Wildman–Crippen MR) is 72.5 cm³/mol. The maximum Gasteiger partial charge on any atom is 0.160 e. The van der Waals surface area contributed by atoms with E-state index in [1.165, 1.54) is 0 Å². The molecule has 4 heteroatoms. The van der Waals surface area contributed by atoms with E-state index in [2.05, 4.69) is 16.0 Å². The van der Waals surface area contributed by atoms with Crippen molar-refractivity contribution in [3.05, 3.63) is 59.5 Å². The molecule has 0 spiro atoms. The zero-order valence-corrected chi connectivity index (χ0v) is 10.5. The molecule has 2 heterocycles. The third-order valence-corrected chi connectivity index (χ3v) is 3.03. The molecule has 0 amide bonds. The lowest BCUT2D eigenvalue weighted by atomic mass is 10.1. The third-order valence-electron chi connectivity index (χ3n) is 3.03. The number of rotatable bonds is 2. The molecule has 3 aromatic rings. The van der Waals surface area contributed by atoms with Gasteiger partial charge in [0.2, 0.25) is 0 Å². The van der Waals surface area contributed by atoms with E-state index in [-0.39, 0.29) is 0 Å². The predicted octanol–water partition coefficient (Wildman–Crippen LogP) is 2.66. The minimum Gasteiger partial charge on any atom is -0.311 e. The molecule has 2 aromatic heterocycles. The number of aryl methyl sites for hydroxylation is 1. The van der Waals surface area contributed by atoms with E-state index in [0.29, 0.717) is 12.1 Å². The number of hydrogen-bond donors (Lipinski definition) is 0. The molecule has 0 radical (unpaired) electrons. The van der Waals surface area contributed by atoms with E-state index >= 15 is 0 Å². The van der Waals surface area contributed by atoms with Crippen molar-refractivity contribution >= 4 is 11.2 Å². The van der Waals surface area contributed by atoms with Gasteiger partial charge in [-0.2, -0.15) is 5.26 Å². The van der Waals surface area contributed by atoms with Crippen molar-refractivity contribution in [1.29, 1.82) is 5.26 Å². The van der Waals surface area contributed by atoms with Gasteiger partial charge in [-0.15, -0.1) is 0 Å². The third kappa shape index (κ3) is 2.18. The van der Waals surface area contributed by atoms with Crippen molar-refractivity contribution in [2.45, 2.75) is 13.5 Å². The van der Waals surface area contributed by atoms with Crippen LogP contribution >= 0.6 is 0 Å². The van der Waals surface area contributed by atoms with Gasteiger partial charge in [0.1, 0.15) is 5.52 Å². The number of pyridine rings is 1. The Hall–Kier alpha value is -2.67. The number of benzene rings is 1. The summed E-state index contributed by atoms with van der Waals surface area (Å²) < 4.78 is 2.01. The highest BCUT2D eigenvalue weighted by atomic mass is 15.1. The molecule has 3 rings (SSSR count). The van der Waals surface area contributed by atoms with Crippen LogP contribution in [0.15, 0.2) is 42.9 Å². The lowest BCUT2D eigenvalue weighted by Crippen LogP contribution is -1.99. The number of nitrogens with zero attached hydrogens (tertiary/aromatic N) is 4. The van der Waals surface area contributed by atoms with E-state index in [1.54, 1.807) is 6.33 Å². The van der Waals surface area contributed by atoms with Crippen LogP contribution in [0.2, 0.25) is 0 Å².